The van der Waals surface area contributed by atoms with Crippen LogP contribution in [0.5, 0.6) is 11.5 Å². The van der Waals surface area contributed by atoms with E-state index in [1.807, 2.05) is 12.1 Å². The van der Waals surface area contributed by atoms with E-state index >= 15 is 0 Å². The molecule has 1 saturated heterocycles. The van der Waals surface area contributed by atoms with Crippen LogP contribution in [-0.2, 0) is 16.6 Å². The molecule has 2 aliphatic heterocycles. The highest BCUT2D eigenvalue weighted by Gasteiger charge is 2.72. The van der Waals surface area contributed by atoms with Crippen LogP contribution in [0.25, 0.3) is 0 Å². The fraction of sp³-hybridized carbons (Fsp3) is 0.550. The second-order valence-electron chi connectivity index (χ2n) is 7.56. The van der Waals surface area contributed by atoms with Gasteiger partial charge in [0.15, 0.2) is 23.4 Å². The number of piperidine rings is 1. The van der Waals surface area contributed by atoms with Crippen LogP contribution in [0.1, 0.15) is 37.8 Å². The largest absolute Gasteiger partial charge is 0.504 e. The molecule has 1 saturated carbocycles. The Labute approximate surface area is 147 Å². The summed E-state index contributed by atoms with van der Waals surface area (Å²) in [6.07, 6.45) is 3.35. The van der Waals surface area contributed by atoms with Gasteiger partial charge in [-0.25, -0.2) is 0 Å². The second kappa shape index (κ2) is 5.08. The molecule has 0 amide bonds. The number of ether oxygens (including phenoxy) is 1. The van der Waals surface area contributed by atoms with Gasteiger partial charge in [-0.05, 0) is 30.9 Å². The van der Waals surface area contributed by atoms with Crippen molar-refractivity contribution in [3.8, 4) is 11.5 Å². The molecule has 2 aliphatic carbocycles. The summed E-state index contributed by atoms with van der Waals surface area (Å²) in [6.45, 7) is 5.36. The Bertz CT molecular complexity index is 775. The lowest BCUT2D eigenvalue weighted by atomic mass is 9.49. The standard InChI is InChI=1S/C19H21NO4.CH4/c1-2-8-20-9-7-18-15-11-3-4-12(21)16(15)24-17(18)13(22)5-6-19(18,23)14(20)10-11;/h2-4,14,17,21,23H,1,5-10H2;1H4. The van der Waals surface area contributed by atoms with Crippen molar-refractivity contribution in [3.05, 3.63) is 35.9 Å². The molecule has 0 aromatic heterocycles. The van der Waals surface area contributed by atoms with Crippen LogP contribution < -0.4 is 4.74 Å². The number of rotatable bonds is 2. The molecule has 2 N–H and O–H groups in total. The van der Waals surface area contributed by atoms with Gasteiger partial charge in [0, 0.05) is 31.1 Å². The van der Waals surface area contributed by atoms with Crippen molar-refractivity contribution in [1.82, 2.24) is 4.90 Å². The van der Waals surface area contributed by atoms with Crippen LogP contribution in [0.3, 0.4) is 0 Å². The number of likely N-dealkylation sites (tertiary alicyclic amines) is 1. The van der Waals surface area contributed by atoms with Crippen molar-refractivity contribution in [2.75, 3.05) is 13.1 Å². The number of nitrogens with zero attached hydrogens (tertiary/aromatic N) is 1. The molecule has 2 heterocycles. The average molecular weight is 343 g/mol. The molecule has 134 valence electrons. The van der Waals surface area contributed by atoms with Gasteiger partial charge in [0.1, 0.15) is 0 Å². The number of aromatic hydroxyl groups is 1. The van der Waals surface area contributed by atoms with Gasteiger partial charge in [-0.2, -0.15) is 0 Å². The lowest BCUT2D eigenvalue weighted by Gasteiger charge is -2.62. The van der Waals surface area contributed by atoms with Crippen molar-refractivity contribution >= 4 is 5.78 Å². The Kier molecular flexibility index (Phi) is 3.38. The molecular formula is C20H25NO4. The topological polar surface area (TPSA) is 70.0 Å². The summed E-state index contributed by atoms with van der Waals surface area (Å²) in [5.41, 5.74) is 0.256. The maximum absolute atomic E-state index is 12.6. The number of ketones is 1. The first-order valence-electron chi connectivity index (χ1n) is 8.65. The van der Waals surface area contributed by atoms with E-state index in [9.17, 15) is 15.0 Å². The van der Waals surface area contributed by atoms with Crippen molar-refractivity contribution in [2.24, 2.45) is 0 Å². The highest BCUT2D eigenvalue weighted by atomic mass is 16.5. The zero-order chi connectivity index (χ0) is 16.7. The van der Waals surface area contributed by atoms with Gasteiger partial charge in [-0.3, -0.25) is 9.69 Å². The van der Waals surface area contributed by atoms with Crippen molar-refractivity contribution in [2.45, 2.75) is 56.3 Å². The third-order valence-corrected chi connectivity index (χ3v) is 6.73. The SMILES string of the molecule is C.C=CCN1CCC23c4c5ccc(O)c4OC2C(=O)CCC3(O)C1C5. The van der Waals surface area contributed by atoms with Crippen LogP contribution in [-0.4, -0.2) is 51.7 Å². The molecule has 0 radical (unpaired) electrons. The maximum Gasteiger partial charge on any atom is 0.174 e. The van der Waals surface area contributed by atoms with E-state index in [4.69, 9.17) is 4.74 Å². The minimum Gasteiger partial charge on any atom is -0.504 e. The molecule has 4 aliphatic rings. The average Bonchev–Trinajstić information content (AvgIpc) is 2.91. The van der Waals surface area contributed by atoms with Gasteiger partial charge in [-0.15, -0.1) is 6.58 Å². The van der Waals surface area contributed by atoms with Gasteiger partial charge in [0.05, 0.1) is 11.0 Å². The predicted molar refractivity (Wildman–Crippen MR) is 94.0 cm³/mol. The number of Topliss-reactive ketones (excluding diaryl/α,β-unsaturated/α-hetero) is 1. The van der Waals surface area contributed by atoms with E-state index in [0.717, 1.165) is 24.2 Å². The third kappa shape index (κ3) is 1.68. The van der Waals surface area contributed by atoms with Crippen molar-refractivity contribution < 1.29 is 19.7 Å². The molecule has 5 rings (SSSR count). The smallest absolute Gasteiger partial charge is 0.174 e. The predicted octanol–water partition coefficient (Wildman–Crippen LogP) is 1.94. The second-order valence-corrected chi connectivity index (χ2v) is 7.56. The first-order chi connectivity index (χ1) is 11.5. The molecule has 1 spiro atoms. The highest BCUT2D eigenvalue weighted by molar-refractivity contribution is 5.90. The summed E-state index contributed by atoms with van der Waals surface area (Å²) in [4.78, 5) is 14.9. The Balaban J connectivity index is 0.00000157. The Morgan fingerprint density at radius 2 is 2.20 bits per heavy atom. The number of benzene rings is 1. The third-order valence-electron chi connectivity index (χ3n) is 6.73. The molecule has 5 heteroatoms. The number of aliphatic hydroxyl groups is 1. The van der Waals surface area contributed by atoms with Gasteiger partial charge in [0.2, 0.25) is 0 Å². The number of carbonyl (C=O) groups is 1. The first kappa shape index (κ1) is 16.6. The zero-order valence-corrected chi connectivity index (χ0v) is 13.5. The lowest BCUT2D eigenvalue weighted by molar-refractivity contribution is -0.187. The number of phenolic OH excluding ortho intramolecular Hbond substituents is 1. The number of phenols is 1. The van der Waals surface area contributed by atoms with Gasteiger partial charge in [0.25, 0.3) is 0 Å². The molecule has 1 aromatic carbocycles. The number of hydrogen-bond donors (Lipinski definition) is 2. The quantitative estimate of drug-likeness (QED) is 0.803. The molecule has 1 aromatic rings. The molecule has 5 nitrogen and oxygen atoms in total. The molecule has 2 bridgehead atoms. The zero-order valence-electron chi connectivity index (χ0n) is 13.5. The van der Waals surface area contributed by atoms with Gasteiger partial charge < -0.3 is 14.9 Å². The molecule has 4 atom stereocenters. The van der Waals surface area contributed by atoms with Crippen LogP contribution >= 0.6 is 0 Å². The van der Waals surface area contributed by atoms with Crippen molar-refractivity contribution in [1.29, 1.82) is 0 Å². The summed E-state index contributed by atoms with van der Waals surface area (Å²) in [5.74, 6) is 0.528. The van der Waals surface area contributed by atoms with Crippen molar-refractivity contribution in [3.63, 3.8) is 0 Å². The Morgan fingerprint density at radius 3 is 2.96 bits per heavy atom. The van der Waals surface area contributed by atoms with Gasteiger partial charge >= 0.3 is 0 Å². The van der Waals surface area contributed by atoms with E-state index in [1.54, 1.807) is 6.07 Å². The van der Waals surface area contributed by atoms with Crippen LogP contribution in [0.2, 0.25) is 0 Å². The van der Waals surface area contributed by atoms with E-state index in [0.29, 0.717) is 31.4 Å². The van der Waals surface area contributed by atoms with Crippen LogP contribution in [0.15, 0.2) is 24.8 Å². The lowest BCUT2D eigenvalue weighted by Crippen LogP contribution is -2.76. The van der Waals surface area contributed by atoms with E-state index < -0.39 is 17.1 Å². The Hall–Kier alpha value is -1.85. The fourth-order valence-corrected chi connectivity index (χ4v) is 5.80. The van der Waals surface area contributed by atoms with Gasteiger partial charge in [-0.1, -0.05) is 19.6 Å². The summed E-state index contributed by atoms with van der Waals surface area (Å²) < 4.78 is 5.98. The fourth-order valence-electron chi connectivity index (χ4n) is 5.80. The van der Waals surface area contributed by atoms with E-state index in [-0.39, 0.29) is 25.0 Å². The minimum absolute atomic E-state index is 0. The Morgan fingerprint density at radius 1 is 1.40 bits per heavy atom. The first-order valence-corrected chi connectivity index (χ1v) is 8.65. The maximum atomic E-state index is 12.6. The molecule has 2 fully saturated rings. The van der Waals surface area contributed by atoms with Crippen LogP contribution in [0.4, 0.5) is 0 Å². The summed E-state index contributed by atoms with van der Waals surface area (Å²) in [6, 6.07) is 3.52. The number of hydrogen-bond acceptors (Lipinski definition) is 5. The van der Waals surface area contributed by atoms with Crippen LogP contribution in [0, 0.1) is 0 Å². The molecular weight excluding hydrogens is 318 g/mol. The summed E-state index contributed by atoms with van der Waals surface area (Å²) in [7, 11) is 0. The highest BCUT2D eigenvalue weighted by Crippen LogP contribution is 2.64. The summed E-state index contributed by atoms with van der Waals surface area (Å²) >= 11 is 0. The molecule has 4 unspecified atom stereocenters. The summed E-state index contributed by atoms with van der Waals surface area (Å²) in [5, 5.41) is 22.1. The van der Waals surface area contributed by atoms with E-state index in [2.05, 4.69) is 11.5 Å². The van der Waals surface area contributed by atoms with E-state index in [1.165, 1.54) is 0 Å². The normalized spacial score (nSPS) is 37.7. The number of carbonyl (C=O) groups excluding carboxylic acids is 1. The molecule has 25 heavy (non-hydrogen) atoms. The monoisotopic (exact) mass is 343 g/mol. The minimum atomic E-state index is -1.00.